The summed E-state index contributed by atoms with van der Waals surface area (Å²) in [5.41, 5.74) is 1.37. The van der Waals surface area contributed by atoms with E-state index in [4.69, 9.17) is 9.31 Å². The summed E-state index contributed by atoms with van der Waals surface area (Å²) >= 11 is 0. The molecule has 0 N–H and O–H groups in total. The average molecular weight is 315 g/mol. The predicted molar refractivity (Wildman–Crippen MR) is 91.6 cm³/mol. The van der Waals surface area contributed by atoms with E-state index in [2.05, 4.69) is 6.92 Å². The smallest absolute Gasteiger partial charge is 0.399 e. The summed E-state index contributed by atoms with van der Waals surface area (Å²) in [5.74, 6) is 0.858. The van der Waals surface area contributed by atoms with Gasteiger partial charge >= 0.3 is 7.12 Å². The number of carbonyl (C=O) groups is 1. The minimum atomic E-state index is -0.346. The first-order valence-electron chi connectivity index (χ1n) is 8.40. The third kappa shape index (κ3) is 3.17. The molecule has 1 amide bonds. The number of rotatable bonds is 3. The van der Waals surface area contributed by atoms with Gasteiger partial charge in [-0.25, -0.2) is 0 Å². The summed E-state index contributed by atoms with van der Waals surface area (Å²) in [6, 6.07) is 8.01. The zero-order valence-electron chi connectivity index (χ0n) is 14.8. The molecule has 0 saturated carbocycles. The van der Waals surface area contributed by atoms with E-state index in [1.165, 1.54) is 0 Å². The Kier molecular flexibility index (Phi) is 4.05. The first-order valence-corrected chi connectivity index (χ1v) is 8.40. The maximum atomic E-state index is 12.1. The van der Waals surface area contributed by atoms with Crippen LogP contribution in [0.15, 0.2) is 24.3 Å². The van der Waals surface area contributed by atoms with Crippen LogP contribution in [0.3, 0.4) is 0 Å². The molecular weight excluding hydrogens is 289 g/mol. The van der Waals surface area contributed by atoms with E-state index in [0.717, 1.165) is 24.1 Å². The van der Waals surface area contributed by atoms with Crippen molar-refractivity contribution in [3.8, 4) is 0 Å². The zero-order chi connectivity index (χ0) is 16.8. The molecule has 2 fully saturated rings. The Bertz CT molecular complexity index is 575. The summed E-state index contributed by atoms with van der Waals surface area (Å²) in [5, 5.41) is 0. The van der Waals surface area contributed by atoms with Gasteiger partial charge in [0.15, 0.2) is 0 Å². The molecule has 0 aliphatic carbocycles. The first-order chi connectivity index (χ1) is 10.7. The molecule has 1 aromatic carbocycles. The van der Waals surface area contributed by atoms with Gasteiger partial charge in [0, 0.05) is 13.1 Å². The van der Waals surface area contributed by atoms with Crippen LogP contribution < -0.4 is 5.46 Å². The molecule has 2 saturated heterocycles. The molecule has 0 spiro atoms. The average Bonchev–Trinajstić information content (AvgIpc) is 2.64. The zero-order valence-corrected chi connectivity index (χ0v) is 14.8. The van der Waals surface area contributed by atoms with Gasteiger partial charge in [0.1, 0.15) is 0 Å². The van der Waals surface area contributed by atoms with Crippen molar-refractivity contribution >= 4 is 18.5 Å². The van der Waals surface area contributed by atoms with Crippen molar-refractivity contribution in [2.75, 3.05) is 13.1 Å². The molecule has 2 heterocycles. The van der Waals surface area contributed by atoms with Crippen molar-refractivity contribution in [2.24, 2.45) is 5.92 Å². The minimum absolute atomic E-state index is 0.214. The summed E-state index contributed by atoms with van der Waals surface area (Å²) in [7, 11) is -0.346. The van der Waals surface area contributed by atoms with E-state index in [9.17, 15) is 4.79 Å². The number of hydrogen-bond acceptors (Lipinski definition) is 3. The molecule has 124 valence electrons. The molecule has 5 heteroatoms. The number of benzene rings is 1. The van der Waals surface area contributed by atoms with Crippen LogP contribution in [0.4, 0.5) is 0 Å². The Balaban J connectivity index is 1.63. The lowest BCUT2D eigenvalue weighted by Gasteiger charge is -2.37. The van der Waals surface area contributed by atoms with Crippen LogP contribution in [0.1, 0.15) is 40.2 Å². The predicted octanol–water partition coefficient (Wildman–Crippen LogP) is 2.01. The Morgan fingerprint density at radius 3 is 2.13 bits per heavy atom. The third-order valence-corrected chi connectivity index (χ3v) is 5.28. The normalized spacial score (nSPS) is 23.0. The highest BCUT2D eigenvalue weighted by atomic mass is 16.7. The van der Waals surface area contributed by atoms with Crippen molar-refractivity contribution in [3.05, 3.63) is 29.8 Å². The Morgan fingerprint density at radius 2 is 1.65 bits per heavy atom. The Labute approximate surface area is 139 Å². The maximum Gasteiger partial charge on any atom is 0.494 e. The van der Waals surface area contributed by atoms with Crippen LogP contribution in [0.25, 0.3) is 0 Å². The quantitative estimate of drug-likeness (QED) is 0.801. The lowest BCUT2D eigenvalue weighted by Crippen LogP contribution is -2.49. The molecule has 1 aromatic rings. The van der Waals surface area contributed by atoms with Crippen LogP contribution in [0, 0.1) is 5.92 Å². The summed E-state index contributed by atoms with van der Waals surface area (Å²) in [4.78, 5) is 14.1. The van der Waals surface area contributed by atoms with Gasteiger partial charge < -0.3 is 14.2 Å². The van der Waals surface area contributed by atoms with Gasteiger partial charge in [0.2, 0.25) is 5.91 Å². The lowest BCUT2D eigenvalue weighted by atomic mass is 9.79. The molecule has 2 aliphatic rings. The van der Waals surface area contributed by atoms with Crippen LogP contribution >= 0.6 is 0 Å². The molecule has 0 atom stereocenters. The first kappa shape index (κ1) is 16.5. The Hall–Kier alpha value is -1.33. The summed E-state index contributed by atoms with van der Waals surface area (Å²) in [6.45, 7) is 12.2. The van der Waals surface area contributed by atoms with E-state index in [1.807, 2.05) is 56.9 Å². The number of likely N-dealkylation sites (tertiary alicyclic amines) is 1. The van der Waals surface area contributed by atoms with E-state index >= 15 is 0 Å². The van der Waals surface area contributed by atoms with Crippen molar-refractivity contribution < 1.29 is 14.1 Å². The molecule has 3 rings (SSSR count). The van der Waals surface area contributed by atoms with Gasteiger partial charge in [-0.3, -0.25) is 4.79 Å². The number of carbonyl (C=O) groups excluding carboxylic acids is 1. The molecule has 0 aromatic heterocycles. The topological polar surface area (TPSA) is 38.8 Å². The van der Waals surface area contributed by atoms with Crippen molar-refractivity contribution in [1.29, 1.82) is 0 Å². The fourth-order valence-electron chi connectivity index (χ4n) is 2.96. The summed E-state index contributed by atoms with van der Waals surface area (Å²) < 4.78 is 12.1. The van der Waals surface area contributed by atoms with E-state index < -0.39 is 0 Å². The summed E-state index contributed by atoms with van der Waals surface area (Å²) in [6.07, 6.45) is 0.469. The van der Waals surface area contributed by atoms with Gasteiger partial charge in [-0.05, 0) is 44.6 Å². The monoisotopic (exact) mass is 315 g/mol. The van der Waals surface area contributed by atoms with Crippen LogP contribution in [0.5, 0.6) is 0 Å². The fourth-order valence-corrected chi connectivity index (χ4v) is 2.96. The standard InChI is InChI=1S/C18H26BNO3/c1-13-11-20(12-13)16(21)10-14-6-8-15(9-7-14)19-22-17(2,3)18(4,5)23-19/h6-9,13H,10-12H2,1-5H3. The molecular formula is C18H26BNO3. The van der Waals surface area contributed by atoms with Gasteiger partial charge in [-0.1, -0.05) is 31.2 Å². The minimum Gasteiger partial charge on any atom is -0.399 e. The van der Waals surface area contributed by atoms with E-state index in [-0.39, 0.29) is 24.2 Å². The second-order valence-corrected chi connectivity index (χ2v) is 7.91. The second kappa shape index (κ2) is 5.64. The highest BCUT2D eigenvalue weighted by Crippen LogP contribution is 2.36. The highest BCUT2D eigenvalue weighted by Gasteiger charge is 2.51. The lowest BCUT2D eigenvalue weighted by molar-refractivity contribution is -0.136. The molecule has 0 unspecified atom stereocenters. The molecule has 2 aliphatic heterocycles. The van der Waals surface area contributed by atoms with Crippen molar-refractivity contribution in [1.82, 2.24) is 4.90 Å². The molecule has 0 radical (unpaired) electrons. The maximum absolute atomic E-state index is 12.1. The third-order valence-electron chi connectivity index (χ3n) is 5.28. The van der Waals surface area contributed by atoms with E-state index in [0.29, 0.717) is 12.3 Å². The van der Waals surface area contributed by atoms with Crippen molar-refractivity contribution in [2.45, 2.75) is 52.2 Å². The SMILES string of the molecule is CC1CN(C(=O)Cc2ccc(B3OC(C)(C)C(C)(C)O3)cc2)C1. The largest absolute Gasteiger partial charge is 0.494 e. The second-order valence-electron chi connectivity index (χ2n) is 7.91. The number of nitrogens with zero attached hydrogens (tertiary/aromatic N) is 1. The fraction of sp³-hybridized carbons (Fsp3) is 0.611. The van der Waals surface area contributed by atoms with Gasteiger partial charge in [-0.2, -0.15) is 0 Å². The van der Waals surface area contributed by atoms with E-state index in [1.54, 1.807) is 0 Å². The Morgan fingerprint density at radius 1 is 1.13 bits per heavy atom. The van der Waals surface area contributed by atoms with Crippen LogP contribution in [-0.2, 0) is 20.5 Å². The highest BCUT2D eigenvalue weighted by molar-refractivity contribution is 6.62. The van der Waals surface area contributed by atoms with Crippen molar-refractivity contribution in [3.63, 3.8) is 0 Å². The number of amides is 1. The van der Waals surface area contributed by atoms with Gasteiger partial charge in [-0.15, -0.1) is 0 Å². The number of hydrogen-bond donors (Lipinski definition) is 0. The molecule has 0 bridgehead atoms. The molecule has 4 nitrogen and oxygen atoms in total. The van der Waals surface area contributed by atoms with Gasteiger partial charge in [0.25, 0.3) is 0 Å². The van der Waals surface area contributed by atoms with Crippen LogP contribution in [0.2, 0.25) is 0 Å². The van der Waals surface area contributed by atoms with Crippen LogP contribution in [-0.4, -0.2) is 42.2 Å². The van der Waals surface area contributed by atoms with Gasteiger partial charge in [0.05, 0.1) is 17.6 Å². The molecule has 23 heavy (non-hydrogen) atoms.